The fraction of sp³-hybridized carbons (Fsp3) is 0.375. The van der Waals surface area contributed by atoms with Crippen LogP contribution in [-0.2, 0) is 16.4 Å². The summed E-state index contributed by atoms with van der Waals surface area (Å²) in [4.78, 5) is 3.94. The van der Waals surface area contributed by atoms with Crippen LogP contribution in [0, 0.1) is 0 Å². The summed E-state index contributed by atoms with van der Waals surface area (Å²) in [5.74, 6) is 0. The number of anilines is 1. The molecule has 0 radical (unpaired) electrons. The molecule has 1 aliphatic heterocycles. The number of nitrogens with one attached hydrogen (secondary N) is 1. The maximum Gasteiger partial charge on any atom is 0.214 e. The molecule has 1 atom stereocenters. The van der Waals surface area contributed by atoms with Crippen molar-refractivity contribution >= 4 is 15.7 Å². The van der Waals surface area contributed by atoms with Gasteiger partial charge in [-0.2, -0.15) is 0 Å². The number of hydrogen-bond acceptors (Lipinski definition) is 4. The third-order valence-electron chi connectivity index (χ3n) is 2.34. The molecule has 1 aromatic heterocycles. The zero-order valence-electron chi connectivity index (χ0n) is 7.47. The molecule has 1 unspecified atom stereocenters. The number of nitrogens with two attached hydrogens (primary N) is 1. The van der Waals surface area contributed by atoms with Crippen molar-refractivity contribution in [2.45, 2.75) is 11.7 Å². The molecule has 2 heterocycles. The SMILES string of the molecule is NS(=O)(=O)C1CNc2cnccc2C1. The summed E-state index contributed by atoms with van der Waals surface area (Å²) >= 11 is 0. The highest BCUT2D eigenvalue weighted by Crippen LogP contribution is 2.22. The first-order chi connectivity index (χ1) is 6.57. The van der Waals surface area contributed by atoms with Crippen molar-refractivity contribution in [3.63, 3.8) is 0 Å². The van der Waals surface area contributed by atoms with Gasteiger partial charge in [-0.25, -0.2) is 13.6 Å². The van der Waals surface area contributed by atoms with E-state index in [2.05, 4.69) is 10.3 Å². The maximum absolute atomic E-state index is 11.1. The van der Waals surface area contributed by atoms with Crippen LogP contribution in [0.1, 0.15) is 5.56 Å². The first kappa shape index (κ1) is 9.42. The summed E-state index contributed by atoms with van der Waals surface area (Å²) < 4.78 is 22.2. The van der Waals surface area contributed by atoms with Crippen molar-refractivity contribution in [1.29, 1.82) is 0 Å². The van der Waals surface area contributed by atoms with Crippen LogP contribution >= 0.6 is 0 Å². The Hall–Kier alpha value is -1.14. The van der Waals surface area contributed by atoms with E-state index in [-0.39, 0.29) is 0 Å². The molecule has 0 saturated heterocycles. The smallest absolute Gasteiger partial charge is 0.214 e. The van der Waals surface area contributed by atoms with Gasteiger partial charge in [0, 0.05) is 12.7 Å². The van der Waals surface area contributed by atoms with Gasteiger partial charge in [-0.3, -0.25) is 4.98 Å². The Bertz CT molecular complexity index is 444. The number of pyridine rings is 1. The zero-order valence-corrected chi connectivity index (χ0v) is 8.29. The number of nitrogens with zero attached hydrogens (tertiary/aromatic N) is 1. The summed E-state index contributed by atoms with van der Waals surface area (Å²) in [6.45, 7) is 0.359. The van der Waals surface area contributed by atoms with Crippen LogP contribution in [0.4, 0.5) is 5.69 Å². The first-order valence-corrected chi connectivity index (χ1v) is 5.86. The summed E-state index contributed by atoms with van der Waals surface area (Å²) in [5.41, 5.74) is 1.85. The van der Waals surface area contributed by atoms with Gasteiger partial charge in [-0.15, -0.1) is 0 Å². The number of rotatable bonds is 1. The molecule has 3 N–H and O–H groups in total. The third-order valence-corrected chi connectivity index (χ3v) is 3.61. The molecule has 0 spiro atoms. The van der Waals surface area contributed by atoms with Gasteiger partial charge in [0.05, 0.1) is 17.1 Å². The highest BCUT2D eigenvalue weighted by atomic mass is 32.2. The molecule has 0 saturated carbocycles. The first-order valence-electron chi connectivity index (χ1n) is 4.26. The number of fused-ring (bicyclic) bond motifs is 1. The monoisotopic (exact) mass is 213 g/mol. The van der Waals surface area contributed by atoms with Crippen molar-refractivity contribution in [3.05, 3.63) is 24.0 Å². The Morgan fingerprint density at radius 1 is 1.57 bits per heavy atom. The molecular weight excluding hydrogens is 202 g/mol. The second kappa shape index (κ2) is 3.21. The summed E-state index contributed by atoms with van der Waals surface area (Å²) in [6.07, 6.45) is 3.80. The minimum Gasteiger partial charge on any atom is -0.382 e. The molecule has 0 aliphatic carbocycles. The number of primary sulfonamides is 1. The Morgan fingerprint density at radius 3 is 3.07 bits per heavy atom. The van der Waals surface area contributed by atoms with Crippen molar-refractivity contribution in [1.82, 2.24) is 4.98 Å². The number of sulfonamides is 1. The molecule has 0 amide bonds. The van der Waals surface area contributed by atoms with Crippen LogP contribution in [0.25, 0.3) is 0 Å². The van der Waals surface area contributed by atoms with Gasteiger partial charge in [0.1, 0.15) is 0 Å². The van der Waals surface area contributed by atoms with Crippen LogP contribution in [0.5, 0.6) is 0 Å². The van der Waals surface area contributed by atoms with E-state index in [4.69, 9.17) is 5.14 Å². The molecule has 1 aromatic rings. The topological polar surface area (TPSA) is 85.1 Å². The lowest BCUT2D eigenvalue weighted by Gasteiger charge is -2.23. The highest BCUT2D eigenvalue weighted by molar-refractivity contribution is 7.89. The molecule has 2 rings (SSSR count). The van der Waals surface area contributed by atoms with Crippen LogP contribution < -0.4 is 10.5 Å². The fourth-order valence-corrected chi connectivity index (χ4v) is 2.26. The summed E-state index contributed by atoms with van der Waals surface area (Å²) in [7, 11) is -3.45. The quantitative estimate of drug-likeness (QED) is 0.671. The van der Waals surface area contributed by atoms with Gasteiger partial charge >= 0.3 is 0 Å². The molecule has 0 fully saturated rings. The van der Waals surface area contributed by atoms with Gasteiger partial charge in [-0.1, -0.05) is 0 Å². The second-order valence-corrected chi connectivity index (χ2v) is 5.17. The predicted molar refractivity (Wildman–Crippen MR) is 53.3 cm³/mol. The Kier molecular flexibility index (Phi) is 2.16. The normalized spacial score (nSPS) is 21.1. The van der Waals surface area contributed by atoms with E-state index in [1.807, 2.05) is 0 Å². The van der Waals surface area contributed by atoms with Crippen LogP contribution in [0.2, 0.25) is 0 Å². The van der Waals surface area contributed by atoms with E-state index in [0.29, 0.717) is 13.0 Å². The molecular formula is C8H11N3O2S. The maximum atomic E-state index is 11.1. The second-order valence-electron chi connectivity index (χ2n) is 3.33. The van der Waals surface area contributed by atoms with Crippen molar-refractivity contribution < 1.29 is 8.42 Å². The highest BCUT2D eigenvalue weighted by Gasteiger charge is 2.26. The minimum atomic E-state index is -3.45. The Balaban J connectivity index is 2.30. The van der Waals surface area contributed by atoms with Gasteiger partial charge in [0.15, 0.2) is 0 Å². The van der Waals surface area contributed by atoms with Crippen LogP contribution in [0.3, 0.4) is 0 Å². The van der Waals surface area contributed by atoms with Gasteiger partial charge in [0.25, 0.3) is 0 Å². The lowest BCUT2D eigenvalue weighted by Crippen LogP contribution is -2.39. The predicted octanol–water partition coefficient (Wildman–Crippen LogP) is -0.293. The molecule has 1 aliphatic rings. The van der Waals surface area contributed by atoms with Crippen LogP contribution in [0.15, 0.2) is 18.5 Å². The van der Waals surface area contributed by atoms with E-state index in [9.17, 15) is 8.42 Å². The average Bonchev–Trinajstić information content (AvgIpc) is 2.16. The zero-order chi connectivity index (χ0) is 10.2. The molecule has 14 heavy (non-hydrogen) atoms. The van der Waals surface area contributed by atoms with E-state index in [1.54, 1.807) is 18.5 Å². The summed E-state index contributed by atoms with van der Waals surface area (Å²) in [6, 6.07) is 1.81. The lowest BCUT2D eigenvalue weighted by molar-refractivity contribution is 0.580. The van der Waals surface area contributed by atoms with Crippen molar-refractivity contribution in [2.75, 3.05) is 11.9 Å². The van der Waals surface area contributed by atoms with E-state index in [0.717, 1.165) is 11.3 Å². The Morgan fingerprint density at radius 2 is 2.36 bits per heavy atom. The minimum absolute atomic E-state index is 0.359. The van der Waals surface area contributed by atoms with Gasteiger partial charge < -0.3 is 5.32 Å². The van der Waals surface area contributed by atoms with Crippen molar-refractivity contribution in [2.24, 2.45) is 5.14 Å². The van der Waals surface area contributed by atoms with E-state index >= 15 is 0 Å². The van der Waals surface area contributed by atoms with Crippen molar-refractivity contribution in [3.8, 4) is 0 Å². The molecule has 6 heteroatoms. The van der Waals surface area contributed by atoms with Crippen LogP contribution in [-0.4, -0.2) is 25.2 Å². The molecule has 0 aromatic carbocycles. The molecule has 5 nitrogen and oxygen atoms in total. The average molecular weight is 213 g/mol. The lowest BCUT2D eigenvalue weighted by atomic mass is 10.1. The molecule has 0 bridgehead atoms. The number of hydrogen-bond donors (Lipinski definition) is 2. The Labute approximate surface area is 82.4 Å². The standard InChI is InChI=1S/C8H11N3O2S/c9-14(12,13)7-3-6-1-2-10-5-8(6)11-4-7/h1-2,5,7,11H,3-4H2,(H2,9,12,13). The van der Waals surface area contributed by atoms with Gasteiger partial charge in [0.2, 0.25) is 10.0 Å². The largest absolute Gasteiger partial charge is 0.382 e. The van der Waals surface area contributed by atoms with E-state index < -0.39 is 15.3 Å². The summed E-state index contributed by atoms with van der Waals surface area (Å²) in [5, 5.41) is 7.55. The van der Waals surface area contributed by atoms with E-state index in [1.165, 1.54) is 0 Å². The van der Waals surface area contributed by atoms with Gasteiger partial charge in [-0.05, 0) is 18.1 Å². The third kappa shape index (κ3) is 1.71. The number of aromatic nitrogens is 1. The fourth-order valence-electron chi connectivity index (χ4n) is 1.53. The molecule has 76 valence electrons.